The van der Waals surface area contributed by atoms with Gasteiger partial charge in [-0.2, -0.15) is 5.26 Å². The van der Waals surface area contributed by atoms with Crippen molar-refractivity contribution in [3.05, 3.63) is 53.2 Å². The lowest BCUT2D eigenvalue weighted by Gasteiger charge is -2.15. The van der Waals surface area contributed by atoms with Crippen LogP contribution < -0.4 is 10.6 Å². The first-order valence-corrected chi connectivity index (χ1v) is 7.11. The van der Waals surface area contributed by atoms with Gasteiger partial charge in [0, 0.05) is 11.9 Å². The Hall–Kier alpha value is -2.58. The van der Waals surface area contributed by atoms with E-state index in [9.17, 15) is 4.79 Å². The maximum absolute atomic E-state index is 12.1. The maximum Gasteiger partial charge on any atom is 0.247 e. The van der Waals surface area contributed by atoms with E-state index in [4.69, 9.17) is 16.9 Å². The lowest BCUT2D eigenvalue weighted by atomic mass is 10.1. The molecule has 22 heavy (non-hydrogen) atoms. The highest BCUT2D eigenvalue weighted by Crippen LogP contribution is 2.13. The van der Waals surface area contributed by atoms with Crippen LogP contribution in [0.25, 0.3) is 0 Å². The number of rotatable bonds is 5. The predicted octanol–water partition coefficient (Wildman–Crippen LogP) is 3.24. The van der Waals surface area contributed by atoms with Gasteiger partial charge in [-0.1, -0.05) is 23.7 Å². The van der Waals surface area contributed by atoms with Gasteiger partial charge >= 0.3 is 0 Å². The molecule has 1 atom stereocenters. The van der Waals surface area contributed by atoms with Crippen molar-refractivity contribution < 1.29 is 4.79 Å². The largest absolute Gasteiger partial charge is 0.374 e. The molecule has 2 aromatic rings. The number of nitrogens with zero attached hydrogens (tertiary/aromatic N) is 2. The van der Waals surface area contributed by atoms with E-state index in [0.29, 0.717) is 17.3 Å². The lowest BCUT2D eigenvalue weighted by molar-refractivity contribution is -0.116. The van der Waals surface area contributed by atoms with Crippen molar-refractivity contribution in [1.82, 2.24) is 4.98 Å². The van der Waals surface area contributed by atoms with Crippen molar-refractivity contribution in [2.75, 3.05) is 10.6 Å². The van der Waals surface area contributed by atoms with Gasteiger partial charge in [-0.25, -0.2) is 4.98 Å². The molecule has 1 unspecified atom stereocenters. The van der Waals surface area contributed by atoms with Crippen molar-refractivity contribution >= 4 is 29.0 Å². The minimum atomic E-state index is -0.431. The number of carbonyl (C=O) groups is 1. The first-order valence-electron chi connectivity index (χ1n) is 6.73. The normalized spacial score (nSPS) is 11.3. The van der Waals surface area contributed by atoms with Crippen LogP contribution in [0.4, 0.5) is 11.5 Å². The molecule has 0 aliphatic carbocycles. The number of benzene rings is 1. The van der Waals surface area contributed by atoms with Gasteiger partial charge in [0.25, 0.3) is 0 Å². The van der Waals surface area contributed by atoms with E-state index in [1.54, 1.807) is 19.1 Å². The number of aromatic nitrogens is 1. The quantitative estimate of drug-likeness (QED) is 0.888. The zero-order chi connectivity index (χ0) is 15.9. The van der Waals surface area contributed by atoms with Crippen LogP contribution in [0, 0.1) is 11.3 Å². The summed E-state index contributed by atoms with van der Waals surface area (Å²) in [7, 11) is 0. The molecule has 2 N–H and O–H groups in total. The number of hydrogen-bond acceptors (Lipinski definition) is 4. The minimum absolute atomic E-state index is 0.198. The van der Waals surface area contributed by atoms with Gasteiger partial charge in [-0.3, -0.25) is 4.79 Å². The monoisotopic (exact) mass is 314 g/mol. The first-order chi connectivity index (χ1) is 10.6. The average molecular weight is 315 g/mol. The second kappa shape index (κ2) is 7.43. The van der Waals surface area contributed by atoms with E-state index in [1.807, 2.05) is 24.3 Å². The third-order valence-electron chi connectivity index (χ3n) is 2.99. The molecule has 0 spiro atoms. The standard InChI is InChI=1S/C16H15ClN4O/c1-11(16(22)21-15-7-4-13(17)10-19-15)20-14-5-2-12(3-6-14)8-9-18/h2-7,10-11,20H,8H2,1H3,(H,19,21,22). The van der Waals surface area contributed by atoms with Crippen LogP contribution >= 0.6 is 11.6 Å². The van der Waals surface area contributed by atoms with Gasteiger partial charge < -0.3 is 10.6 Å². The van der Waals surface area contributed by atoms with Crippen LogP contribution in [-0.2, 0) is 11.2 Å². The smallest absolute Gasteiger partial charge is 0.247 e. The predicted molar refractivity (Wildman–Crippen MR) is 86.7 cm³/mol. The Balaban J connectivity index is 1.93. The van der Waals surface area contributed by atoms with Crippen molar-refractivity contribution in [2.45, 2.75) is 19.4 Å². The molecule has 5 nitrogen and oxygen atoms in total. The summed E-state index contributed by atoms with van der Waals surface area (Å²) in [6.07, 6.45) is 1.85. The number of nitrogens with one attached hydrogen (secondary N) is 2. The fourth-order valence-electron chi connectivity index (χ4n) is 1.81. The maximum atomic E-state index is 12.1. The Labute approximate surface area is 133 Å². The zero-order valence-corrected chi connectivity index (χ0v) is 12.8. The molecule has 0 fully saturated rings. The molecule has 112 valence electrons. The molecule has 1 aromatic heterocycles. The Morgan fingerprint density at radius 3 is 2.64 bits per heavy atom. The van der Waals surface area contributed by atoms with Gasteiger partial charge in [0.2, 0.25) is 5.91 Å². The third-order valence-corrected chi connectivity index (χ3v) is 3.22. The highest BCUT2D eigenvalue weighted by molar-refractivity contribution is 6.30. The van der Waals surface area contributed by atoms with Crippen LogP contribution in [0.1, 0.15) is 12.5 Å². The summed E-state index contributed by atoms with van der Waals surface area (Å²) in [5.41, 5.74) is 1.75. The van der Waals surface area contributed by atoms with Crippen LogP contribution in [0.15, 0.2) is 42.6 Å². The topological polar surface area (TPSA) is 77.8 Å². The van der Waals surface area contributed by atoms with Crippen LogP contribution in [0.5, 0.6) is 0 Å². The summed E-state index contributed by atoms with van der Waals surface area (Å²) in [4.78, 5) is 16.1. The summed E-state index contributed by atoms with van der Waals surface area (Å²) in [6.45, 7) is 1.76. The lowest BCUT2D eigenvalue weighted by Crippen LogP contribution is -2.32. The second-order valence-corrected chi connectivity index (χ2v) is 5.19. The molecule has 1 amide bonds. The number of carbonyl (C=O) groups excluding carboxylic acids is 1. The highest BCUT2D eigenvalue weighted by Gasteiger charge is 2.13. The van der Waals surface area contributed by atoms with E-state index >= 15 is 0 Å². The van der Waals surface area contributed by atoms with Crippen LogP contribution in [0.3, 0.4) is 0 Å². The van der Waals surface area contributed by atoms with Gasteiger partial charge in [0.1, 0.15) is 11.9 Å². The Bertz CT molecular complexity index is 677. The summed E-state index contributed by atoms with van der Waals surface area (Å²) in [5.74, 6) is 0.253. The Morgan fingerprint density at radius 2 is 2.05 bits per heavy atom. The molecule has 1 aromatic carbocycles. The fourth-order valence-corrected chi connectivity index (χ4v) is 1.92. The van der Waals surface area contributed by atoms with Crippen molar-refractivity contribution in [3.63, 3.8) is 0 Å². The summed E-state index contributed by atoms with van der Waals surface area (Å²) in [6, 6.07) is 12.4. The zero-order valence-electron chi connectivity index (χ0n) is 12.0. The number of pyridine rings is 1. The molecule has 0 bridgehead atoms. The van der Waals surface area contributed by atoms with Crippen molar-refractivity contribution in [3.8, 4) is 6.07 Å². The van der Waals surface area contributed by atoms with Gasteiger partial charge in [0.15, 0.2) is 0 Å². The number of amides is 1. The first kappa shape index (κ1) is 15.8. The number of hydrogen-bond donors (Lipinski definition) is 2. The van der Waals surface area contributed by atoms with Gasteiger partial charge in [-0.15, -0.1) is 0 Å². The van der Waals surface area contributed by atoms with Crippen LogP contribution in [0.2, 0.25) is 5.02 Å². The molecule has 0 saturated carbocycles. The van der Waals surface area contributed by atoms with Crippen molar-refractivity contribution in [1.29, 1.82) is 5.26 Å². The van der Waals surface area contributed by atoms with E-state index in [-0.39, 0.29) is 5.91 Å². The van der Waals surface area contributed by atoms with Gasteiger partial charge in [0.05, 0.1) is 17.5 Å². The second-order valence-electron chi connectivity index (χ2n) is 4.75. The molecular formula is C16H15ClN4O. The Morgan fingerprint density at radius 1 is 1.32 bits per heavy atom. The molecule has 0 aliphatic heterocycles. The molecule has 0 aliphatic rings. The number of halogens is 1. The fraction of sp³-hybridized carbons (Fsp3) is 0.188. The molecular weight excluding hydrogens is 300 g/mol. The highest BCUT2D eigenvalue weighted by atomic mass is 35.5. The molecule has 0 radical (unpaired) electrons. The average Bonchev–Trinajstić information content (AvgIpc) is 2.51. The summed E-state index contributed by atoms with van der Waals surface area (Å²) < 4.78 is 0. The summed E-state index contributed by atoms with van der Waals surface area (Å²) >= 11 is 5.75. The SMILES string of the molecule is CC(Nc1ccc(CC#N)cc1)C(=O)Nc1ccc(Cl)cn1. The van der Waals surface area contributed by atoms with Crippen molar-refractivity contribution in [2.24, 2.45) is 0 Å². The third kappa shape index (κ3) is 4.47. The van der Waals surface area contributed by atoms with Crippen LogP contribution in [-0.4, -0.2) is 16.9 Å². The summed E-state index contributed by atoms with van der Waals surface area (Å²) in [5, 5.41) is 14.9. The minimum Gasteiger partial charge on any atom is -0.374 e. The molecule has 1 heterocycles. The van der Waals surface area contributed by atoms with Gasteiger partial charge in [-0.05, 0) is 36.8 Å². The molecule has 2 rings (SSSR count). The van der Waals surface area contributed by atoms with E-state index in [1.165, 1.54) is 6.20 Å². The van der Waals surface area contributed by atoms with E-state index in [0.717, 1.165) is 11.3 Å². The molecule has 6 heteroatoms. The van der Waals surface area contributed by atoms with E-state index in [2.05, 4.69) is 21.7 Å². The molecule has 0 saturated heterocycles. The van der Waals surface area contributed by atoms with E-state index < -0.39 is 6.04 Å². The Kier molecular flexibility index (Phi) is 5.34. The number of nitriles is 1. The number of anilines is 2.